The molecule has 1 aliphatic heterocycles. The minimum atomic E-state index is -3.74. The smallest absolute Gasteiger partial charge is 0.309 e. The van der Waals surface area contributed by atoms with Gasteiger partial charge in [0.2, 0.25) is 11.8 Å². The van der Waals surface area contributed by atoms with Crippen LogP contribution in [0.4, 0.5) is 5.69 Å². The van der Waals surface area contributed by atoms with Gasteiger partial charge in [-0.2, -0.15) is 0 Å². The van der Waals surface area contributed by atoms with E-state index in [-0.39, 0.29) is 29.0 Å². The number of nitrogens with one attached hydrogen (secondary N) is 1. The van der Waals surface area contributed by atoms with E-state index in [9.17, 15) is 27.9 Å². The molecule has 216 valence electrons. The molecule has 0 saturated carbocycles. The lowest BCUT2D eigenvalue weighted by Gasteiger charge is -2.32. The number of amides is 2. The van der Waals surface area contributed by atoms with Gasteiger partial charge in [0.25, 0.3) is 0 Å². The maximum absolute atomic E-state index is 14.4. The average Bonchev–Trinajstić information content (AvgIpc) is 3.40. The maximum Gasteiger partial charge on any atom is 0.309 e. The zero-order chi connectivity index (χ0) is 29.9. The molecule has 11 nitrogen and oxygen atoms in total. The van der Waals surface area contributed by atoms with E-state index in [1.54, 1.807) is 42.5 Å². The van der Waals surface area contributed by atoms with Crippen molar-refractivity contribution in [3.8, 4) is 11.5 Å². The first-order valence-corrected chi connectivity index (χ1v) is 14.6. The molecule has 4 rings (SSSR count). The van der Waals surface area contributed by atoms with E-state index in [1.807, 2.05) is 0 Å². The predicted molar refractivity (Wildman–Crippen MR) is 151 cm³/mol. The molecule has 0 unspecified atom stereocenters. The fourth-order valence-corrected chi connectivity index (χ4v) is 6.10. The quantitative estimate of drug-likeness (QED) is 0.326. The number of ether oxygens (including phenoxy) is 2. The number of primary amides is 1. The van der Waals surface area contributed by atoms with Gasteiger partial charge in [-0.15, -0.1) is 0 Å². The number of carbonyl (C=O) groups excluding carboxylic acids is 2. The normalized spacial score (nSPS) is 17.5. The second kappa shape index (κ2) is 11.9. The first-order chi connectivity index (χ1) is 19.5. The number of benzene rings is 3. The van der Waals surface area contributed by atoms with Crippen LogP contribution in [0, 0.1) is 5.92 Å². The van der Waals surface area contributed by atoms with Crippen LogP contribution in [0.5, 0.6) is 11.5 Å². The molecule has 0 bridgehead atoms. The van der Waals surface area contributed by atoms with E-state index in [1.165, 1.54) is 43.4 Å². The van der Waals surface area contributed by atoms with Crippen molar-refractivity contribution >= 4 is 33.3 Å². The van der Waals surface area contributed by atoms with Crippen LogP contribution in [0.2, 0.25) is 0 Å². The van der Waals surface area contributed by atoms with Crippen molar-refractivity contribution in [2.24, 2.45) is 11.7 Å². The van der Waals surface area contributed by atoms with E-state index in [0.717, 1.165) is 6.26 Å². The van der Waals surface area contributed by atoms with Gasteiger partial charge >= 0.3 is 5.97 Å². The minimum absolute atomic E-state index is 0.0410. The molecular weight excluding hydrogens is 550 g/mol. The Labute approximate surface area is 237 Å². The van der Waals surface area contributed by atoms with Crippen LogP contribution in [-0.2, 0) is 19.4 Å². The van der Waals surface area contributed by atoms with Crippen molar-refractivity contribution < 1.29 is 37.4 Å². The molecule has 3 aromatic carbocycles. The average molecular weight is 582 g/mol. The molecule has 1 saturated heterocycles. The van der Waals surface area contributed by atoms with Crippen LogP contribution < -0.4 is 20.5 Å². The van der Waals surface area contributed by atoms with E-state index in [4.69, 9.17) is 15.2 Å². The molecule has 0 radical (unpaired) electrons. The molecule has 41 heavy (non-hydrogen) atoms. The monoisotopic (exact) mass is 581 g/mol. The molecule has 1 aliphatic rings. The maximum atomic E-state index is 14.4. The third kappa shape index (κ3) is 6.12. The molecule has 0 aliphatic carbocycles. The summed E-state index contributed by atoms with van der Waals surface area (Å²) in [6.45, 7) is 0.0748. The molecular formula is C29H31N3O8S. The molecule has 3 atom stereocenters. The highest BCUT2D eigenvalue weighted by Crippen LogP contribution is 2.42. The summed E-state index contributed by atoms with van der Waals surface area (Å²) in [6.07, 6.45) is 1.17. The molecule has 1 fully saturated rings. The molecule has 1 heterocycles. The number of carboxylic acids is 1. The van der Waals surface area contributed by atoms with E-state index < -0.39 is 45.6 Å². The van der Waals surface area contributed by atoms with Crippen LogP contribution in [-0.4, -0.2) is 63.2 Å². The summed E-state index contributed by atoms with van der Waals surface area (Å²) in [6, 6.07) is 15.2. The SMILES string of the molecule is COc1ccc([C@@H](Nc2cccc(C(N)=O)c2)C(=O)N2CC[C@H](C(=O)O)[C@@H]2c2ccccc2S(C)(=O)=O)cc1OC. The number of rotatable bonds is 10. The number of nitrogens with zero attached hydrogens (tertiary/aromatic N) is 1. The summed E-state index contributed by atoms with van der Waals surface area (Å²) >= 11 is 0. The van der Waals surface area contributed by atoms with E-state index in [0.29, 0.717) is 22.7 Å². The number of carboxylic acid groups (broad SMARTS) is 1. The third-order valence-corrected chi connectivity index (χ3v) is 8.25. The largest absolute Gasteiger partial charge is 0.493 e. The predicted octanol–water partition coefficient (Wildman–Crippen LogP) is 3.03. The van der Waals surface area contributed by atoms with Crippen molar-refractivity contribution in [1.82, 2.24) is 4.90 Å². The first-order valence-electron chi connectivity index (χ1n) is 12.7. The second-order valence-corrected chi connectivity index (χ2v) is 11.6. The Balaban J connectivity index is 1.85. The highest BCUT2D eigenvalue weighted by atomic mass is 32.2. The number of likely N-dealkylation sites (tertiary alicyclic amines) is 1. The van der Waals surface area contributed by atoms with Crippen molar-refractivity contribution in [3.05, 3.63) is 83.4 Å². The zero-order valence-electron chi connectivity index (χ0n) is 22.7. The molecule has 3 aromatic rings. The lowest BCUT2D eigenvalue weighted by atomic mass is 9.93. The lowest BCUT2D eigenvalue weighted by molar-refractivity contribution is -0.143. The molecule has 4 N–H and O–H groups in total. The molecule has 12 heteroatoms. The van der Waals surface area contributed by atoms with Gasteiger partial charge in [0, 0.05) is 24.1 Å². The number of anilines is 1. The van der Waals surface area contributed by atoms with Crippen molar-refractivity contribution in [1.29, 1.82) is 0 Å². The highest BCUT2D eigenvalue weighted by Gasteiger charge is 2.45. The minimum Gasteiger partial charge on any atom is -0.493 e. The standard InChI is InChI=1S/C29H31N3O8S/c1-39-22-12-11-17(16-23(22)40-2)25(31-19-8-6-7-18(15-19)27(30)33)28(34)32-14-13-21(29(35)36)26(32)20-9-4-5-10-24(20)41(3,37)38/h4-12,15-16,21,25-26,31H,13-14H2,1-3H3,(H2,30,33)(H,35,36)/t21-,25+,26-/m0/s1. The van der Waals surface area contributed by atoms with Gasteiger partial charge in [-0.1, -0.05) is 30.3 Å². The Morgan fingerprint density at radius 1 is 1.00 bits per heavy atom. The fourth-order valence-electron chi connectivity index (χ4n) is 5.16. The summed E-state index contributed by atoms with van der Waals surface area (Å²) in [5.74, 6) is -2.53. The summed E-state index contributed by atoms with van der Waals surface area (Å²) in [5, 5.41) is 13.2. The van der Waals surface area contributed by atoms with Gasteiger partial charge in [0.05, 0.1) is 31.1 Å². The number of sulfone groups is 1. The van der Waals surface area contributed by atoms with Crippen LogP contribution in [0.3, 0.4) is 0 Å². The van der Waals surface area contributed by atoms with Crippen LogP contribution in [0.1, 0.15) is 40.0 Å². The molecule has 2 amide bonds. The Kier molecular flexibility index (Phi) is 8.52. The summed E-state index contributed by atoms with van der Waals surface area (Å²) < 4.78 is 36.1. The van der Waals surface area contributed by atoms with Gasteiger partial charge in [-0.25, -0.2) is 8.42 Å². The Hall–Kier alpha value is -4.58. The summed E-state index contributed by atoms with van der Waals surface area (Å²) in [5.41, 5.74) is 6.78. The van der Waals surface area contributed by atoms with Crippen molar-refractivity contribution in [3.63, 3.8) is 0 Å². The topological polar surface area (TPSA) is 165 Å². The zero-order valence-corrected chi connectivity index (χ0v) is 23.6. The van der Waals surface area contributed by atoms with Gasteiger partial charge < -0.3 is 30.5 Å². The van der Waals surface area contributed by atoms with Crippen molar-refractivity contribution in [2.45, 2.75) is 23.4 Å². The van der Waals surface area contributed by atoms with Gasteiger partial charge in [-0.05, 0) is 53.9 Å². The van der Waals surface area contributed by atoms with Gasteiger partial charge in [0.1, 0.15) is 6.04 Å². The number of methoxy groups -OCH3 is 2. The molecule has 0 spiro atoms. The first kappa shape index (κ1) is 29.4. The van der Waals surface area contributed by atoms with Crippen molar-refractivity contribution in [2.75, 3.05) is 32.3 Å². The summed E-state index contributed by atoms with van der Waals surface area (Å²) in [4.78, 5) is 39.9. The number of carbonyl (C=O) groups is 3. The second-order valence-electron chi connectivity index (χ2n) is 9.66. The van der Waals surface area contributed by atoms with E-state index >= 15 is 0 Å². The van der Waals surface area contributed by atoms with Crippen LogP contribution in [0.15, 0.2) is 71.6 Å². The number of hydrogen-bond acceptors (Lipinski definition) is 8. The van der Waals surface area contributed by atoms with Crippen LogP contribution in [0.25, 0.3) is 0 Å². The summed E-state index contributed by atoms with van der Waals surface area (Å²) in [7, 11) is -0.804. The Bertz CT molecular complexity index is 1590. The number of hydrogen-bond donors (Lipinski definition) is 3. The van der Waals surface area contributed by atoms with Gasteiger partial charge in [-0.3, -0.25) is 14.4 Å². The molecule has 0 aromatic heterocycles. The van der Waals surface area contributed by atoms with Crippen LogP contribution >= 0.6 is 0 Å². The fraction of sp³-hybridized carbons (Fsp3) is 0.276. The highest BCUT2D eigenvalue weighted by molar-refractivity contribution is 7.90. The number of nitrogens with two attached hydrogens (primary N) is 1. The Morgan fingerprint density at radius 3 is 2.34 bits per heavy atom. The third-order valence-electron chi connectivity index (χ3n) is 7.08. The Morgan fingerprint density at radius 2 is 1.71 bits per heavy atom. The van der Waals surface area contributed by atoms with Gasteiger partial charge in [0.15, 0.2) is 21.3 Å². The number of aliphatic carboxylic acids is 1. The lowest BCUT2D eigenvalue weighted by Crippen LogP contribution is -2.39. The van der Waals surface area contributed by atoms with E-state index in [2.05, 4.69) is 5.32 Å².